The van der Waals surface area contributed by atoms with Crippen LogP contribution in [0.25, 0.3) is 0 Å². The van der Waals surface area contributed by atoms with Gasteiger partial charge in [-0.3, -0.25) is 14.4 Å². The third kappa shape index (κ3) is 5.89. The molecule has 31 heavy (non-hydrogen) atoms. The van der Waals surface area contributed by atoms with Gasteiger partial charge in [0, 0.05) is 50.7 Å². The molecule has 1 fully saturated rings. The van der Waals surface area contributed by atoms with Crippen molar-refractivity contribution in [3.63, 3.8) is 0 Å². The number of likely N-dealkylation sites (tertiary alicyclic amines) is 1. The Labute approximate surface area is 190 Å². The summed E-state index contributed by atoms with van der Waals surface area (Å²) in [5.74, 6) is -0.964. The molecule has 0 radical (unpaired) electrons. The molecule has 0 saturated carbocycles. The van der Waals surface area contributed by atoms with E-state index in [1.54, 1.807) is 23.1 Å². The molecule has 0 aromatic heterocycles. The average Bonchev–Trinajstić information content (AvgIpc) is 2.76. The first kappa shape index (κ1) is 22.9. The number of rotatable bonds is 4. The number of anilines is 1. The molecule has 0 aliphatic carbocycles. The first-order valence-electron chi connectivity index (χ1n) is 9.78. The van der Waals surface area contributed by atoms with Gasteiger partial charge in [0.2, 0.25) is 0 Å². The van der Waals surface area contributed by atoms with E-state index in [1.165, 1.54) is 31.1 Å². The number of carbonyl (C=O) groups is 3. The molecular formula is C22H23Cl2N3O4. The van der Waals surface area contributed by atoms with Crippen LogP contribution in [0.5, 0.6) is 5.75 Å². The van der Waals surface area contributed by atoms with E-state index in [4.69, 9.17) is 27.9 Å². The highest BCUT2D eigenvalue weighted by atomic mass is 35.5. The van der Waals surface area contributed by atoms with Crippen molar-refractivity contribution in [1.82, 2.24) is 9.80 Å². The van der Waals surface area contributed by atoms with Gasteiger partial charge in [-0.1, -0.05) is 23.2 Å². The van der Waals surface area contributed by atoms with Crippen LogP contribution in [-0.2, 0) is 9.59 Å². The van der Waals surface area contributed by atoms with Gasteiger partial charge < -0.3 is 19.9 Å². The monoisotopic (exact) mass is 463 g/mol. The average molecular weight is 464 g/mol. The van der Waals surface area contributed by atoms with Gasteiger partial charge in [-0.2, -0.15) is 0 Å². The maximum Gasteiger partial charge on any atom is 0.313 e. The zero-order valence-corrected chi connectivity index (χ0v) is 18.7. The molecule has 0 atom stereocenters. The van der Waals surface area contributed by atoms with Gasteiger partial charge >= 0.3 is 11.8 Å². The molecule has 1 saturated heterocycles. The molecule has 9 heteroatoms. The Morgan fingerprint density at radius 1 is 1.03 bits per heavy atom. The molecule has 1 aliphatic heterocycles. The highest BCUT2D eigenvalue weighted by Gasteiger charge is 2.26. The number of hydrogen-bond acceptors (Lipinski definition) is 4. The molecular weight excluding hydrogens is 441 g/mol. The largest absolute Gasteiger partial charge is 0.490 e. The number of nitrogens with zero attached hydrogens (tertiary/aromatic N) is 2. The van der Waals surface area contributed by atoms with Gasteiger partial charge in [0.15, 0.2) is 0 Å². The molecule has 0 unspecified atom stereocenters. The third-order valence-corrected chi connectivity index (χ3v) is 5.48. The summed E-state index contributed by atoms with van der Waals surface area (Å²) in [6.07, 6.45) is 1.36. The molecule has 7 nitrogen and oxygen atoms in total. The summed E-state index contributed by atoms with van der Waals surface area (Å²) in [6, 6.07) is 11.8. The Morgan fingerprint density at radius 2 is 1.68 bits per heavy atom. The molecule has 3 amide bonds. The standard InChI is InChI=1S/C22H23Cl2N3O4/c1-26(2)22(30)20(28)25-15-5-8-19(24)18(13-15)21(29)27-11-9-17(10-12-27)31-16-6-3-14(23)4-7-16/h3-8,13,17H,9-12H2,1-2H3,(H,25,28). The van der Waals surface area contributed by atoms with Crippen LogP contribution in [-0.4, -0.2) is 60.8 Å². The summed E-state index contributed by atoms with van der Waals surface area (Å²) < 4.78 is 5.97. The first-order valence-corrected chi connectivity index (χ1v) is 10.5. The van der Waals surface area contributed by atoms with Crippen LogP contribution in [0.15, 0.2) is 42.5 Å². The van der Waals surface area contributed by atoms with Crippen LogP contribution < -0.4 is 10.1 Å². The fourth-order valence-electron chi connectivity index (χ4n) is 3.21. The smallest absolute Gasteiger partial charge is 0.313 e. The van der Waals surface area contributed by atoms with Gasteiger partial charge in [0.05, 0.1) is 10.6 Å². The molecule has 3 rings (SSSR count). The van der Waals surface area contributed by atoms with Crippen molar-refractivity contribution in [3.8, 4) is 5.75 Å². The molecule has 0 spiro atoms. The number of likely N-dealkylation sites (N-methyl/N-ethyl adjacent to an activating group) is 1. The van der Waals surface area contributed by atoms with E-state index in [9.17, 15) is 14.4 Å². The number of carbonyl (C=O) groups excluding carboxylic acids is 3. The number of piperidine rings is 1. The van der Waals surface area contributed by atoms with E-state index in [-0.39, 0.29) is 22.6 Å². The summed E-state index contributed by atoms with van der Waals surface area (Å²) in [5, 5.41) is 3.42. The first-order chi connectivity index (χ1) is 14.7. The van der Waals surface area contributed by atoms with E-state index in [0.29, 0.717) is 36.6 Å². The Balaban J connectivity index is 1.61. The number of halogens is 2. The van der Waals surface area contributed by atoms with Crippen molar-refractivity contribution < 1.29 is 19.1 Å². The fraction of sp³-hybridized carbons (Fsp3) is 0.318. The normalized spacial score (nSPS) is 14.1. The van der Waals surface area contributed by atoms with E-state index in [2.05, 4.69) is 5.32 Å². The highest BCUT2D eigenvalue weighted by Crippen LogP contribution is 2.25. The molecule has 2 aromatic rings. The molecule has 2 aromatic carbocycles. The second-order valence-electron chi connectivity index (χ2n) is 7.41. The van der Waals surface area contributed by atoms with Crippen LogP contribution in [0.4, 0.5) is 5.69 Å². The van der Waals surface area contributed by atoms with Crippen LogP contribution >= 0.6 is 23.2 Å². The SMILES string of the molecule is CN(C)C(=O)C(=O)Nc1ccc(Cl)c(C(=O)N2CCC(Oc3ccc(Cl)cc3)CC2)c1. The lowest BCUT2D eigenvalue weighted by molar-refractivity contribution is -0.141. The number of benzene rings is 2. The number of ether oxygens (including phenoxy) is 1. The summed E-state index contributed by atoms with van der Waals surface area (Å²) >= 11 is 12.1. The molecule has 1 N–H and O–H groups in total. The number of hydrogen-bond donors (Lipinski definition) is 1. The van der Waals surface area contributed by atoms with E-state index < -0.39 is 11.8 Å². The Hall–Kier alpha value is -2.77. The second-order valence-corrected chi connectivity index (χ2v) is 8.26. The Bertz CT molecular complexity index is 971. The second kappa shape index (κ2) is 10.0. The minimum absolute atomic E-state index is 0.00312. The van der Waals surface area contributed by atoms with E-state index >= 15 is 0 Å². The Kier molecular flexibility index (Phi) is 7.41. The van der Waals surface area contributed by atoms with Crippen LogP contribution in [0.2, 0.25) is 10.0 Å². The van der Waals surface area contributed by atoms with Gasteiger partial charge in [0.1, 0.15) is 11.9 Å². The number of nitrogens with one attached hydrogen (secondary N) is 1. The van der Waals surface area contributed by atoms with Crippen molar-refractivity contribution in [2.24, 2.45) is 0 Å². The molecule has 0 bridgehead atoms. The minimum atomic E-state index is -0.786. The summed E-state index contributed by atoms with van der Waals surface area (Å²) in [7, 11) is 2.97. The molecule has 1 heterocycles. The predicted molar refractivity (Wildman–Crippen MR) is 120 cm³/mol. The predicted octanol–water partition coefficient (Wildman–Crippen LogP) is 3.70. The van der Waals surface area contributed by atoms with Gasteiger partial charge in [-0.15, -0.1) is 0 Å². The van der Waals surface area contributed by atoms with Gasteiger partial charge in [0.25, 0.3) is 5.91 Å². The van der Waals surface area contributed by atoms with Crippen molar-refractivity contribution in [3.05, 3.63) is 58.1 Å². The zero-order valence-electron chi connectivity index (χ0n) is 17.2. The summed E-state index contributed by atoms with van der Waals surface area (Å²) in [6.45, 7) is 1.03. The lowest BCUT2D eigenvalue weighted by atomic mass is 10.1. The van der Waals surface area contributed by atoms with Crippen molar-refractivity contribution >= 4 is 46.6 Å². The fourth-order valence-corrected chi connectivity index (χ4v) is 3.53. The quantitative estimate of drug-likeness (QED) is 0.700. The van der Waals surface area contributed by atoms with Crippen molar-refractivity contribution in [1.29, 1.82) is 0 Å². The van der Waals surface area contributed by atoms with Crippen molar-refractivity contribution in [2.75, 3.05) is 32.5 Å². The summed E-state index contributed by atoms with van der Waals surface area (Å²) in [5.41, 5.74) is 0.600. The zero-order chi connectivity index (χ0) is 22.5. The third-order valence-electron chi connectivity index (χ3n) is 4.90. The molecule has 164 valence electrons. The van der Waals surface area contributed by atoms with Crippen LogP contribution in [0.1, 0.15) is 23.2 Å². The topological polar surface area (TPSA) is 79.0 Å². The van der Waals surface area contributed by atoms with Crippen LogP contribution in [0.3, 0.4) is 0 Å². The number of amides is 3. The van der Waals surface area contributed by atoms with E-state index in [1.807, 2.05) is 12.1 Å². The lowest BCUT2D eigenvalue weighted by Crippen LogP contribution is -2.42. The summed E-state index contributed by atoms with van der Waals surface area (Å²) in [4.78, 5) is 39.6. The highest BCUT2D eigenvalue weighted by molar-refractivity contribution is 6.39. The van der Waals surface area contributed by atoms with Gasteiger partial charge in [-0.25, -0.2) is 0 Å². The van der Waals surface area contributed by atoms with Gasteiger partial charge in [-0.05, 0) is 42.5 Å². The lowest BCUT2D eigenvalue weighted by Gasteiger charge is -2.32. The minimum Gasteiger partial charge on any atom is -0.490 e. The van der Waals surface area contributed by atoms with Crippen LogP contribution in [0, 0.1) is 0 Å². The van der Waals surface area contributed by atoms with Crippen molar-refractivity contribution in [2.45, 2.75) is 18.9 Å². The van der Waals surface area contributed by atoms with E-state index in [0.717, 1.165) is 5.75 Å². The molecule has 1 aliphatic rings. The maximum atomic E-state index is 13.0. The Morgan fingerprint density at radius 3 is 2.29 bits per heavy atom. The maximum absolute atomic E-state index is 13.0.